The van der Waals surface area contributed by atoms with Crippen LogP contribution in [0.15, 0.2) is 64.5 Å². The molecule has 0 atom stereocenters. The smallest absolute Gasteiger partial charge is 0.184 e. The van der Waals surface area contributed by atoms with E-state index in [1.54, 1.807) is 7.11 Å². The van der Waals surface area contributed by atoms with Gasteiger partial charge in [0.25, 0.3) is 0 Å². The normalized spacial score (nSPS) is 12.3. The average Bonchev–Trinajstić information content (AvgIpc) is 2.61. The van der Waals surface area contributed by atoms with Crippen molar-refractivity contribution in [1.82, 2.24) is 0 Å². The molecule has 0 bridgehead atoms. The standard InChI is InChI=1S/C17H18N2O3S/c1-13(20-2)19-17(15-6-4-3-5-7-15)12-14-8-10-16(11-9-14)23-22-21-18/h3-12H,18H2,1-2H3/b17-12+,19-13?. The highest BCUT2D eigenvalue weighted by Gasteiger charge is 2.02. The Labute approximate surface area is 139 Å². The van der Waals surface area contributed by atoms with Crippen LogP contribution < -0.4 is 5.90 Å². The van der Waals surface area contributed by atoms with Gasteiger partial charge in [0, 0.05) is 17.4 Å². The molecule has 0 aliphatic carbocycles. The van der Waals surface area contributed by atoms with Crippen molar-refractivity contribution in [3.8, 4) is 0 Å². The minimum Gasteiger partial charge on any atom is -0.484 e. The van der Waals surface area contributed by atoms with Crippen molar-refractivity contribution >= 4 is 29.7 Å². The Kier molecular flexibility index (Phi) is 6.83. The first kappa shape index (κ1) is 17.2. The highest BCUT2D eigenvalue weighted by molar-refractivity contribution is 7.94. The Morgan fingerprint density at radius 1 is 1.09 bits per heavy atom. The molecular weight excluding hydrogens is 312 g/mol. The highest BCUT2D eigenvalue weighted by atomic mass is 32.2. The van der Waals surface area contributed by atoms with Crippen molar-refractivity contribution in [3.63, 3.8) is 0 Å². The van der Waals surface area contributed by atoms with E-state index in [1.165, 1.54) is 0 Å². The molecule has 23 heavy (non-hydrogen) atoms. The Balaban J connectivity index is 2.29. The quantitative estimate of drug-likeness (QED) is 0.216. The summed E-state index contributed by atoms with van der Waals surface area (Å²) >= 11 is 1.04. The fourth-order valence-electron chi connectivity index (χ4n) is 1.84. The van der Waals surface area contributed by atoms with Gasteiger partial charge in [-0.1, -0.05) is 42.5 Å². The minimum absolute atomic E-state index is 0.598. The van der Waals surface area contributed by atoms with Gasteiger partial charge in [-0.25, -0.2) is 4.99 Å². The van der Waals surface area contributed by atoms with Crippen LogP contribution in [-0.2, 0) is 14.1 Å². The largest absolute Gasteiger partial charge is 0.484 e. The molecule has 0 unspecified atom stereocenters. The van der Waals surface area contributed by atoms with Gasteiger partial charge >= 0.3 is 0 Å². The topological polar surface area (TPSA) is 66.1 Å². The molecule has 0 radical (unpaired) electrons. The van der Waals surface area contributed by atoms with E-state index >= 15 is 0 Å². The third-order valence-electron chi connectivity index (χ3n) is 3.00. The van der Waals surface area contributed by atoms with Crippen molar-refractivity contribution in [2.45, 2.75) is 11.8 Å². The van der Waals surface area contributed by atoms with Crippen LogP contribution >= 0.6 is 12.0 Å². The first-order valence-corrected chi connectivity index (χ1v) is 7.63. The summed E-state index contributed by atoms with van der Waals surface area (Å²) in [7, 11) is 1.60. The van der Waals surface area contributed by atoms with Crippen LogP contribution in [0.1, 0.15) is 18.1 Å². The van der Waals surface area contributed by atoms with E-state index < -0.39 is 0 Å². The molecule has 0 aliphatic rings. The van der Waals surface area contributed by atoms with Crippen molar-refractivity contribution in [3.05, 3.63) is 65.7 Å². The average molecular weight is 330 g/mol. The van der Waals surface area contributed by atoms with Gasteiger partial charge in [-0.05, 0) is 23.8 Å². The van der Waals surface area contributed by atoms with E-state index in [0.29, 0.717) is 5.90 Å². The first-order valence-electron chi connectivity index (χ1n) is 6.89. The third kappa shape index (κ3) is 5.54. The van der Waals surface area contributed by atoms with Gasteiger partial charge in [-0.3, -0.25) is 0 Å². The summed E-state index contributed by atoms with van der Waals surface area (Å²) in [6, 6.07) is 17.7. The molecule has 0 aromatic heterocycles. The lowest BCUT2D eigenvalue weighted by atomic mass is 10.1. The number of ether oxygens (including phenoxy) is 1. The van der Waals surface area contributed by atoms with Crippen molar-refractivity contribution in [2.24, 2.45) is 10.9 Å². The number of benzene rings is 2. The summed E-state index contributed by atoms with van der Waals surface area (Å²) in [5, 5.41) is 0. The monoisotopic (exact) mass is 330 g/mol. The molecular formula is C17H18N2O3S. The zero-order valence-electron chi connectivity index (χ0n) is 12.9. The molecule has 0 spiro atoms. The Morgan fingerprint density at radius 3 is 2.39 bits per heavy atom. The van der Waals surface area contributed by atoms with Crippen molar-refractivity contribution < 1.29 is 14.1 Å². The second kappa shape index (κ2) is 9.12. The van der Waals surface area contributed by atoms with E-state index in [1.807, 2.05) is 67.6 Å². The second-order valence-corrected chi connectivity index (χ2v) is 5.32. The van der Waals surface area contributed by atoms with Crippen LogP contribution in [0, 0.1) is 0 Å². The molecule has 6 heteroatoms. The number of hydrogen-bond acceptors (Lipinski definition) is 6. The molecule has 2 N–H and O–H groups in total. The molecule has 2 rings (SSSR count). The highest BCUT2D eigenvalue weighted by Crippen LogP contribution is 2.23. The summed E-state index contributed by atoms with van der Waals surface area (Å²) in [5.41, 5.74) is 2.85. The summed E-state index contributed by atoms with van der Waals surface area (Å²) in [6.45, 7) is 1.82. The molecule has 0 heterocycles. The number of nitrogens with zero attached hydrogens (tertiary/aromatic N) is 1. The summed E-state index contributed by atoms with van der Waals surface area (Å²) in [4.78, 5) is 9.48. The third-order valence-corrected chi connectivity index (χ3v) is 3.61. The summed E-state index contributed by atoms with van der Waals surface area (Å²) in [5.74, 6) is 5.41. The summed E-state index contributed by atoms with van der Waals surface area (Å²) < 4.78 is 9.78. The maximum Gasteiger partial charge on any atom is 0.184 e. The van der Waals surface area contributed by atoms with E-state index in [2.05, 4.69) is 14.3 Å². The maximum atomic E-state index is 5.17. The fourth-order valence-corrected chi connectivity index (χ4v) is 2.21. The predicted octanol–water partition coefficient (Wildman–Crippen LogP) is 4.08. The molecule has 5 nitrogen and oxygen atoms in total. The van der Waals surface area contributed by atoms with Gasteiger partial charge in [0.05, 0.1) is 24.8 Å². The Morgan fingerprint density at radius 2 is 1.78 bits per heavy atom. The SMILES string of the molecule is COC(C)=N/C(=C/c1ccc(SOON)cc1)c1ccccc1. The predicted molar refractivity (Wildman–Crippen MR) is 93.1 cm³/mol. The van der Waals surface area contributed by atoms with E-state index in [4.69, 9.17) is 10.6 Å². The number of methoxy groups -OCH3 is 1. The lowest BCUT2D eigenvalue weighted by Crippen LogP contribution is -1.95. The Bertz CT molecular complexity index is 670. The maximum absolute atomic E-state index is 5.17. The van der Waals surface area contributed by atoms with Crippen LogP contribution in [0.25, 0.3) is 11.8 Å². The molecule has 0 amide bonds. The van der Waals surface area contributed by atoms with Gasteiger partial charge < -0.3 is 4.74 Å². The first-order chi connectivity index (χ1) is 11.2. The molecule has 120 valence electrons. The lowest BCUT2D eigenvalue weighted by molar-refractivity contribution is -0.195. The zero-order chi connectivity index (χ0) is 16.5. The van der Waals surface area contributed by atoms with Gasteiger partial charge in [0.15, 0.2) is 5.90 Å². The lowest BCUT2D eigenvalue weighted by Gasteiger charge is -2.05. The fraction of sp³-hybridized carbons (Fsp3) is 0.118. The molecule has 2 aromatic rings. The van der Waals surface area contributed by atoms with Crippen LogP contribution in [0.2, 0.25) is 0 Å². The van der Waals surface area contributed by atoms with E-state index in [-0.39, 0.29) is 0 Å². The van der Waals surface area contributed by atoms with Crippen molar-refractivity contribution in [1.29, 1.82) is 0 Å². The van der Waals surface area contributed by atoms with Gasteiger partial charge in [-0.2, -0.15) is 5.90 Å². The molecule has 0 saturated heterocycles. The van der Waals surface area contributed by atoms with Crippen LogP contribution in [-0.4, -0.2) is 13.0 Å². The zero-order valence-corrected chi connectivity index (χ0v) is 13.7. The van der Waals surface area contributed by atoms with Crippen LogP contribution in [0.4, 0.5) is 0 Å². The number of hydrogen-bond donors (Lipinski definition) is 1. The summed E-state index contributed by atoms with van der Waals surface area (Å²) in [6.07, 6.45) is 1.99. The minimum atomic E-state index is 0.598. The van der Waals surface area contributed by atoms with E-state index in [0.717, 1.165) is 33.8 Å². The van der Waals surface area contributed by atoms with Crippen LogP contribution in [0.3, 0.4) is 0 Å². The van der Waals surface area contributed by atoms with Gasteiger partial charge in [0.2, 0.25) is 0 Å². The number of rotatable bonds is 6. The Hall–Kier alpha value is -2.12. The second-order valence-electron chi connectivity index (χ2n) is 4.55. The molecule has 0 fully saturated rings. The molecule has 2 aromatic carbocycles. The van der Waals surface area contributed by atoms with Gasteiger partial charge in [-0.15, -0.1) is 9.32 Å². The molecule has 0 aliphatic heterocycles. The van der Waals surface area contributed by atoms with Crippen LogP contribution in [0.5, 0.6) is 0 Å². The molecule has 0 saturated carbocycles. The van der Waals surface area contributed by atoms with Crippen molar-refractivity contribution in [2.75, 3.05) is 7.11 Å². The van der Waals surface area contributed by atoms with E-state index in [9.17, 15) is 0 Å². The number of nitrogens with two attached hydrogens (primary N) is 1. The van der Waals surface area contributed by atoms with Gasteiger partial charge in [0.1, 0.15) is 0 Å². The number of aliphatic imine (C=N–C) groups is 1.